The predicted octanol–water partition coefficient (Wildman–Crippen LogP) is 15.1. The van der Waals surface area contributed by atoms with Gasteiger partial charge in [-0.15, -0.1) is 0 Å². The average molecular weight is 825 g/mol. The summed E-state index contributed by atoms with van der Waals surface area (Å²) in [6.45, 7) is 14.6. The number of halogens is 2. The van der Waals surface area contributed by atoms with E-state index in [0.717, 1.165) is 22.6 Å². The van der Waals surface area contributed by atoms with Crippen molar-refractivity contribution in [3.63, 3.8) is 0 Å². The van der Waals surface area contributed by atoms with Crippen molar-refractivity contribution < 1.29 is 15.9 Å². The summed E-state index contributed by atoms with van der Waals surface area (Å²) < 4.78 is 0. The molecule has 276 valence electrons. The van der Waals surface area contributed by atoms with E-state index in [1.54, 1.807) is 16.7 Å². The Bertz CT molecular complexity index is 1490. The Balaban J connectivity index is 0.000000290. The van der Waals surface area contributed by atoms with E-state index in [0.29, 0.717) is 22.9 Å². The van der Waals surface area contributed by atoms with Gasteiger partial charge in [0.2, 0.25) is 0 Å². The van der Waals surface area contributed by atoms with Gasteiger partial charge in [-0.05, 0) is 95.1 Å². The number of benzene rings is 3. The van der Waals surface area contributed by atoms with Crippen molar-refractivity contribution in [3.05, 3.63) is 108 Å². The molecule has 0 aromatic heterocycles. The van der Waals surface area contributed by atoms with Gasteiger partial charge in [-0.25, -0.2) is 0 Å². The summed E-state index contributed by atoms with van der Waals surface area (Å²) in [5.74, 6) is 1.83. The van der Waals surface area contributed by atoms with Gasteiger partial charge >= 0.3 is 35.0 Å². The molecule has 0 aliphatic heterocycles. The molecule has 0 bridgehead atoms. The van der Waals surface area contributed by atoms with Crippen LogP contribution < -0.4 is 5.73 Å². The van der Waals surface area contributed by atoms with Crippen LogP contribution in [0.3, 0.4) is 0 Å². The fourth-order valence-corrected chi connectivity index (χ4v) is 13.9. The molecule has 5 heteroatoms. The Morgan fingerprint density at radius 1 is 0.700 bits per heavy atom. The maximum atomic E-state index is 5.85. The van der Waals surface area contributed by atoms with Gasteiger partial charge in [-0.3, -0.25) is 0 Å². The second-order valence-corrected chi connectivity index (χ2v) is 20.9. The molecule has 2 fully saturated rings. The van der Waals surface area contributed by atoms with Gasteiger partial charge in [0.1, 0.15) is 0 Å². The van der Waals surface area contributed by atoms with Crippen LogP contribution in [0.5, 0.6) is 0 Å². The zero-order valence-corrected chi connectivity index (χ0v) is 35.4. The third kappa shape index (κ3) is 10.4. The zero-order chi connectivity index (χ0) is 36.1. The van der Waals surface area contributed by atoms with E-state index in [-0.39, 0.29) is 23.9 Å². The van der Waals surface area contributed by atoms with Crippen LogP contribution in [0.2, 0.25) is 0 Å². The van der Waals surface area contributed by atoms with Crippen molar-refractivity contribution in [2.75, 3.05) is 5.73 Å². The molecule has 1 nitrogen and oxygen atoms in total. The fraction of sp³-hybridized carbons (Fsp3) is 0.511. The van der Waals surface area contributed by atoms with Crippen molar-refractivity contribution in [1.82, 2.24) is 0 Å². The Morgan fingerprint density at radius 3 is 1.78 bits per heavy atom. The summed E-state index contributed by atoms with van der Waals surface area (Å²) in [7, 11) is 9.55. The van der Waals surface area contributed by atoms with Crippen LogP contribution in [0, 0.1) is 5.92 Å². The number of nitrogen functional groups attached to an aromatic ring is 1. The first kappa shape index (κ1) is 41.4. The van der Waals surface area contributed by atoms with Gasteiger partial charge in [0.25, 0.3) is 0 Å². The maximum absolute atomic E-state index is 5.85. The van der Waals surface area contributed by atoms with Gasteiger partial charge in [0.05, 0.1) is 0 Å². The van der Waals surface area contributed by atoms with Crippen LogP contribution in [-0.2, 0) is 15.9 Å². The Labute approximate surface area is 323 Å². The van der Waals surface area contributed by atoms with Gasteiger partial charge in [0.15, 0.2) is 0 Å². The Hall–Kier alpha value is -1.39. The molecule has 0 spiro atoms. The molecule has 3 aromatic rings. The third-order valence-electron chi connectivity index (χ3n) is 11.3. The Kier molecular flexibility index (Phi) is 17.2. The van der Waals surface area contributed by atoms with Gasteiger partial charge in [0, 0.05) is 16.4 Å². The molecule has 2 saturated carbocycles. The monoisotopic (exact) mass is 823 g/mol. The van der Waals surface area contributed by atoms with Crippen LogP contribution in [0.1, 0.15) is 141 Å². The molecule has 1 atom stereocenters. The van der Waals surface area contributed by atoms with Crippen molar-refractivity contribution >= 4 is 38.2 Å². The van der Waals surface area contributed by atoms with Crippen molar-refractivity contribution in [1.29, 1.82) is 0 Å². The second-order valence-electron chi connectivity index (χ2n) is 15.4. The molecule has 2 N–H and O–H groups in total. The zero-order valence-electron chi connectivity index (χ0n) is 31.4. The number of hydrogen-bond acceptors (Lipinski definition) is 1. The van der Waals surface area contributed by atoms with E-state index in [4.69, 9.17) is 24.8 Å². The number of allylic oxidation sites excluding steroid dienone is 4. The summed E-state index contributed by atoms with van der Waals surface area (Å²) in [5, 5.41) is 0.330. The molecule has 3 aliphatic rings. The van der Waals surface area contributed by atoms with E-state index in [1.165, 1.54) is 81.8 Å². The van der Waals surface area contributed by atoms with E-state index in [9.17, 15) is 0 Å². The number of hydrogen-bond donors (Lipinski definition) is 1. The quantitative estimate of drug-likeness (QED) is 0.137. The first-order chi connectivity index (χ1) is 24.1. The molecule has 1 unspecified atom stereocenters. The van der Waals surface area contributed by atoms with Crippen molar-refractivity contribution in [2.24, 2.45) is 5.92 Å². The fourth-order valence-electron chi connectivity index (χ4n) is 8.79. The van der Waals surface area contributed by atoms with Crippen LogP contribution in [0.15, 0.2) is 91.0 Å². The minimum atomic E-state index is -0.106. The Morgan fingerprint density at radius 2 is 1.26 bits per heavy atom. The first-order valence-corrected chi connectivity index (χ1v) is 24.7. The number of nitrogens with two attached hydrogens (primary N) is 1. The SMILES string of the molecule is CC(C)c1ccc(C2=CC=CCC2(C(C)C)P(C2CCCCC2)C2CCCCC2)c(C(C)C)c1.Nc1ccccc1-c1ccccc1.[Cl][Pd][Cl]. The standard InChI is InChI=1S/C33H51P.C12H11N.2ClH.Pd/c1-24(2)27-20-21-30(31(23-27)25(3)4)32-19-13-14-22-33(32,26(5)6)34(28-15-9-7-10-16-28)29-17-11-8-12-18-29;13-12-9-5-4-8-11(12)10-6-2-1-3-7-10;;;/h13-14,19-21,23-26,28-29H,7-12,15-18,22H2,1-6H3;1-9H,13H2;2*1H;/q;;;;+2/p-2. The summed E-state index contributed by atoms with van der Waals surface area (Å²) in [4.78, 5) is 0. The van der Waals surface area contributed by atoms with Crippen LogP contribution in [0.4, 0.5) is 5.69 Å². The first-order valence-electron chi connectivity index (χ1n) is 19.2. The molecule has 0 amide bonds. The molecular formula is C45H62Cl2NPPd. The van der Waals surface area contributed by atoms with Gasteiger partial charge < -0.3 is 5.73 Å². The van der Waals surface area contributed by atoms with Crippen LogP contribution in [-0.4, -0.2) is 16.5 Å². The second kappa shape index (κ2) is 20.7. The summed E-state index contributed by atoms with van der Waals surface area (Å²) in [6, 6.07) is 25.6. The molecule has 50 heavy (non-hydrogen) atoms. The summed E-state index contributed by atoms with van der Waals surface area (Å²) in [6.07, 6.45) is 23.6. The normalized spacial score (nSPS) is 20.0. The number of rotatable bonds is 8. The summed E-state index contributed by atoms with van der Waals surface area (Å²) >= 11 is -0.106. The van der Waals surface area contributed by atoms with E-state index in [2.05, 4.69) is 90.1 Å². The predicted molar refractivity (Wildman–Crippen MR) is 223 cm³/mol. The molecule has 6 rings (SSSR count). The molecular weight excluding hydrogens is 763 g/mol. The summed E-state index contributed by atoms with van der Waals surface area (Å²) in [5.41, 5.74) is 17.3. The average Bonchev–Trinajstić information content (AvgIpc) is 3.13. The van der Waals surface area contributed by atoms with Gasteiger partial charge in [-0.1, -0.05) is 173 Å². The van der Waals surface area contributed by atoms with Crippen LogP contribution in [0.25, 0.3) is 16.7 Å². The van der Waals surface area contributed by atoms with Crippen molar-refractivity contribution in [3.8, 4) is 11.1 Å². The molecule has 0 heterocycles. The number of para-hydroxylation sites is 1. The van der Waals surface area contributed by atoms with Gasteiger partial charge in [-0.2, -0.15) is 0 Å². The molecule has 3 aliphatic carbocycles. The van der Waals surface area contributed by atoms with E-state index in [1.807, 2.05) is 42.5 Å². The van der Waals surface area contributed by atoms with Crippen molar-refractivity contribution in [2.45, 2.75) is 140 Å². The number of anilines is 1. The molecule has 0 radical (unpaired) electrons. The third-order valence-corrected chi connectivity index (χ3v) is 15.8. The molecule has 0 saturated heterocycles. The van der Waals surface area contributed by atoms with Crippen LogP contribution >= 0.6 is 27.0 Å². The minimum absolute atomic E-state index is 0.0731. The van der Waals surface area contributed by atoms with E-state index >= 15 is 0 Å². The molecule has 3 aromatic carbocycles. The topological polar surface area (TPSA) is 26.0 Å². The van der Waals surface area contributed by atoms with E-state index < -0.39 is 0 Å².